The minimum Gasteiger partial charge on any atom is -0.375 e. The van der Waals surface area contributed by atoms with Gasteiger partial charge in [-0.3, -0.25) is 9.59 Å². The van der Waals surface area contributed by atoms with E-state index in [0.29, 0.717) is 26.2 Å². The maximum absolute atomic E-state index is 12.7. The van der Waals surface area contributed by atoms with Gasteiger partial charge in [-0.05, 0) is 6.42 Å². The lowest BCUT2D eigenvalue weighted by Crippen LogP contribution is -2.53. The Morgan fingerprint density at radius 1 is 1.27 bits per heavy atom. The van der Waals surface area contributed by atoms with Gasteiger partial charge in [-0.1, -0.05) is 0 Å². The average molecular weight is 306 g/mol. The second kappa shape index (κ2) is 6.48. The van der Waals surface area contributed by atoms with Gasteiger partial charge in [-0.25, -0.2) is 4.98 Å². The molecule has 0 spiro atoms. The van der Waals surface area contributed by atoms with Crippen LogP contribution in [0.1, 0.15) is 12.2 Å². The van der Waals surface area contributed by atoms with Crippen LogP contribution in [0.4, 0.5) is 0 Å². The molecule has 2 aliphatic heterocycles. The van der Waals surface area contributed by atoms with Crippen LogP contribution in [0.25, 0.3) is 0 Å². The van der Waals surface area contributed by atoms with Crippen molar-refractivity contribution in [3.63, 3.8) is 0 Å². The third-order valence-corrected chi connectivity index (χ3v) is 4.50. The number of carbonyl (C=O) groups excluding carboxylic acids is 2. The van der Waals surface area contributed by atoms with E-state index < -0.39 is 0 Å². The van der Waals surface area contributed by atoms with Crippen LogP contribution in [0, 0.1) is 5.92 Å². The molecular formula is C15H22N4O3. The third-order valence-electron chi connectivity index (χ3n) is 4.50. The Morgan fingerprint density at radius 3 is 2.73 bits per heavy atom. The lowest BCUT2D eigenvalue weighted by Gasteiger charge is -2.37. The Labute approximate surface area is 129 Å². The molecule has 0 aromatic carbocycles. The number of hydrogen-bond donors (Lipinski definition) is 0. The molecule has 1 saturated heterocycles. The van der Waals surface area contributed by atoms with Crippen molar-refractivity contribution in [1.82, 2.24) is 19.4 Å². The molecule has 3 rings (SSSR count). The lowest BCUT2D eigenvalue weighted by molar-refractivity contribution is -0.144. The van der Waals surface area contributed by atoms with Crippen LogP contribution < -0.4 is 0 Å². The summed E-state index contributed by atoms with van der Waals surface area (Å²) in [6, 6.07) is 0. The maximum Gasteiger partial charge on any atom is 0.248 e. The Hall–Kier alpha value is -1.89. The van der Waals surface area contributed by atoms with Gasteiger partial charge in [0.2, 0.25) is 11.8 Å². The number of carbonyl (C=O) groups is 2. The van der Waals surface area contributed by atoms with Gasteiger partial charge in [-0.15, -0.1) is 0 Å². The number of piperazine rings is 1. The van der Waals surface area contributed by atoms with Crippen molar-refractivity contribution in [3.8, 4) is 0 Å². The summed E-state index contributed by atoms with van der Waals surface area (Å²) in [5, 5.41) is 0. The van der Waals surface area contributed by atoms with Gasteiger partial charge in [0.25, 0.3) is 0 Å². The van der Waals surface area contributed by atoms with Gasteiger partial charge >= 0.3 is 0 Å². The molecule has 1 atom stereocenters. The first-order valence-electron chi connectivity index (χ1n) is 7.74. The van der Waals surface area contributed by atoms with Crippen molar-refractivity contribution < 1.29 is 14.3 Å². The van der Waals surface area contributed by atoms with E-state index in [1.165, 1.54) is 7.11 Å². The summed E-state index contributed by atoms with van der Waals surface area (Å²) in [5.41, 5.74) is 0. The Kier molecular flexibility index (Phi) is 4.42. The van der Waals surface area contributed by atoms with E-state index >= 15 is 0 Å². The topological polar surface area (TPSA) is 67.7 Å². The molecule has 7 nitrogen and oxygen atoms in total. The monoisotopic (exact) mass is 306 g/mol. The fourth-order valence-corrected chi connectivity index (χ4v) is 3.22. The Bertz CT molecular complexity index is 549. The number of nitrogens with zero attached hydrogens (tertiary/aromatic N) is 4. The summed E-state index contributed by atoms with van der Waals surface area (Å²) in [4.78, 5) is 32.4. The highest BCUT2D eigenvalue weighted by atomic mass is 16.5. The molecule has 0 unspecified atom stereocenters. The number of hydrogen-bond acceptors (Lipinski definition) is 4. The first kappa shape index (κ1) is 15.0. The lowest BCUT2D eigenvalue weighted by atomic mass is 9.97. The summed E-state index contributed by atoms with van der Waals surface area (Å²) >= 11 is 0. The van der Waals surface area contributed by atoms with E-state index in [2.05, 4.69) is 9.55 Å². The largest absolute Gasteiger partial charge is 0.375 e. The molecule has 0 aliphatic carbocycles. The molecular weight excluding hydrogens is 284 g/mol. The summed E-state index contributed by atoms with van der Waals surface area (Å²) < 4.78 is 6.95. The zero-order valence-electron chi connectivity index (χ0n) is 12.9. The number of imidazole rings is 1. The van der Waals surface area contributed by atoms with Crippen molar-refractivity contribution >= 4 is 11.8 Å². The molecule has 2 amide bonds. The molecule has 22 heavy (non-hydrogen) atoms. The molecule has 2 aliphatic rings. The smallest absolute Gasteiger partial charge is 0.248 e. The van der Waals surface area contributed by atoms with E-state index in [4.69, 9.17) is 4.74 Å². The quantitative estimate of drug-likeness (QED) is 0.773. The van der Waals surface area contributed by atoms with Crippen LogP contribution in [0.2, 0.25) is 0 Å². The first-order valence-corrected chi connectivity index (χ1v) is 7.74. The summed E-state index contributed by atoms with van der Waals surface area (Å²) in [6.07, 6.45) is 5.45. The first-order chi connectivity index (χ1) is 10.7. The Morgan fingerprint density at radius 2 is 2.00 bits per heavy atom. The molecule has 1 aromatic heterocycles. The van der Waals surface area contributed by atoms with Crippen molar-refractivity contribution in [2.45, 2.75) is 19.4 Å². The zero-order chi connectivity index (χ0) is 15.5. The molecule has 0 radical (unpaired) electrons. The second-order valence-corrected chi connectivity index (χ2v) is 5.87. The predicted octanol–water partition coefficient (Wildman–Crippen LogP) is -0.237. The van der Waals surface area contributed by atoms with Crippen molar-refractivity contribution in [1.29, 1.82) is 0 Å². The molecule has 0 N–H and O–H groups in total. The molecule has 0 bridgehead atoms. The van der Waals surface area contributed by atoms with Crippen LogP contribution in [0.5, 0.6) is 0 Å². The van der Waals surface area contributed by atoms with E-state index in [9.17, 15) is 9.59 Å². The summed E-state index contributed by atoms with van der Waals surface area (Å²) in [6.45, 7) is 3.24. The van der Waals surface area contributed by atoms with Gasteiger partial charge in [0.05, 0.1) is 5.92 Å². The number of methoxy groups -OCH3 is 1. The fraction of sp³-hybridized carbons (Fsp3) is 0.667. The average Bonchev–Trinajstić information content (AvgIpc) is 3.02. The highest BCUT2D eigenvalue weighted by molar-refractivity contribution is 5.80. The summed E-state index contributed by atoms with van der Waals surface area (Å²) in [7, 11) is 1.52. The van der Waals surface area contributed by atoms with Crippen molar-refractivity contribution in [2.24, 2.45) is 5.92 Å². The highest BCUT2D eigenvalue weighted by Gasteiger charge is 2.31. The molecule has 120 valence electrons. The SMILES string of the molecule is COCC(=O)N1CCN(C(=O)[C@H]2CCc3nccn3C2)CC1. The fourth-order valence-electron chi connectivity index (χ4n) is 3.22. The van der Waals surface area contributed by atoms with Gasteiger partial charge in [0, 0.05) is 58.6 Å². The van der Waals surface area contributed by atoms with Crippen LogP contribution >= 0.6 is 0 Å². The number of fused-ring (bicyclic) bond motifs is 1. The molecule has 3 heterocycles. The zero-order valence-corrected chi connectivity index (χ0v) is 12.9. The number of aromatic nitrogens is 2. The highest BCUT2D eigenvalue weighted by Crippen LogP contribution is 2.21. The van der Waals surface area contributed by atoms with Crippen molar-refractivity contribution in [3.05, 3.63) is 18.2 Å². The summed E-state index contributed by atoms with van der Waals surface area (Å²) in [5.74, 6) is 1.30. The van der Waals surface area contributed by atoms with Gasteiger partial charge in [-0.2, -0.15) is 0 Å². The van der Waals surface area contributed by atoms with Gasteiger partial charge < -0.3 is 19.1 Å². The second-order valence-electron chi connectivity index (χ2n) is 5.87. The van der Waals surface area contributed by atoms with E-state index in [0.717, 1.165) is 25.2 Å². The van der Waals surface area contributed by atoms with E-state index in [-0.39, 0.29) is 24.3 Å². The Balaban J connectivity index is 1.53. The van der Waals surface area contributed by atoms with E-state index in [1.54, 1.807) is 11.1 Å². The molecule has 1 aromatic rings. The number of amides is 2. The molecule has 7 heteroatoms. The van der Waals surface area contributed by atoms with Gasteiger partial charge in [0.15, 0.2) is 0 Å². The minimum absolute atomic E-state index is 0.00433. The number of rotatable bonds is 3. The number of aryl methyl sites for hydroxylation is 1. The third kappa shape index (κ3) is 2.99. The van der Waals surface area contributed by atoms with E-state index in [1.807, 2.05) is 11.1 Å². The van der Waals surface area contributed by atoms with Crippen LogP contribution in [-0.2, 0) is 27.3 Å². The van der Waals surface area contributed by atoms with Gasteiger partial charge in [0.1, 0.15) is 12.4 Å². The maximum atomic E-state index is 12.7. The molecule has 0 saturated carbocycles. The standard InChI is InChI=1S/C15H22N4O3/c1-22-11-14(20)17-6-8-18(9-7-17)15(21)12-2-3-13-16-4-5-19(13)10-12/h4-5,12H,2-3,6-11H2,1H3/t12-/m0/s1. The predicted molar refractivity (Wildman–Crippen MR) is 79.1 cm³/mol. The van der Waals surface area contributed by atoms with Crippen molar-refractivity contribution in [2.75, 3.05) is 39.9 Å². The normalized spacial score (nSPS) is 21.6. The molecule has 1 fully saturated rings. The van der Waals surface area contributed by atoms with Crippen LogP contribution in [0.15, 0.2) is 12.4 Å². The van der Waals surface area contributed by atoms with Crippen LogP contribution in [-0.4, -0.2) is 71.1 Å². The number of ether oxygens (including phenoxy) is 1. The minimum atomic E-state index is -0.00433. The van der Waals surface area contributed by atoms with Crippen LogP contribution in [0.3, 0.4) is 0 Å².